The molecule has 1 fully saturated rings. The van der Waals surface area contributed by atoms with Crippen LogP contribution in [0.4, 0.5) is 11.4 Å². The number of methoxy groups -OCH3 is 1. The van der Waals surface area contributed by atoms with Gasteiger partial charge in [-0.2, -0.15) is 0 Å². The van der Waals surface area contributed by atoms with E-state index in [1.165, 1.54) is 18.2 Å². The number of benzene rings is 3. The molecule has 212 valence electrons. The van der Waals surface area contributed by atoms with Crippen molar-refractivity contribution in [3.63, 3.8) is 0 Å². The van der Waals surface area contributed by atoms with Crippen molar-refractivity contribution in [2.45, 2.75) is 30.6 Å². The number of aromatic nitrogens is 1. The number of hydrogen-bond acceptors (Lipinski definition) is 8. The zero-order valence-corrected chi connectivity index (χ0v) is 23.8. The summed E-state index contributed by atoms with van der Waals surface area (Å²) in [6.07, 6.45) is 4.87. The van der Waals surface area contributed by atoms with Crippen LogP contribution < -0.4 is 19.1 Å². The van der Waals surface area contributed by atoms with Gasteiger partial charge in [-0.05, 0) is 72.6 Å². The minimum atomic E-state index is -4.10. The van der Waals surface area contributed by atoms with Crippen LogP contribution in [-0.2, 0) is 21.3 Å². The number of hydrogen-bond donors (Lipinski definition) is 1. The van der Waals surface area contributed by atoms with E-state index in [-0.39, 0.29) is 21.8 Å². The molecule has 2 heterocycles. The SMILES string of the molecule is COc1ccc(N(Cc2cccnc2)c2ccc(C(=O)NS(=O)(=O)c3cccc(Cl)c3)cc2)cc1OC1CCCO1. The summed E-state index contributed by atoms with van der Waals surface area (Å²) in [4.78, 5) is 19.0. The van der Waals surface area contributed by atoms with Gasteiger partial charge in [0.15, 0.2) is 17.8 Å². The monoisotopic (exact) mass is 593 g/mol. The van der Waals surface area contributed by atoms with E-state index < -0.39 is 15.9 Å². The van der Waals surface area contributed by atoms with E-state index in [1.807, 2.05) is 35.2 Å². The average Bonchev–Trinajstić information content (AvgIpc) is 3.49. The summed E-state index contributed by atoms with van der Waals surface area (Å²) in [6, 6.07) is 21.8. The molecule has 11 heteroatoms. The Bertz CT molecular complexity index is 1610. The van der Waals surface area contributed by atoms with Crippen LogP contribution in [0.15, 0.2) is 96.2 Å². The number of ether oxygens (including phenoxy) is 3. The van der Waals surface area contributed by atoms with Gasteiger partial charge in [-0.1, -0.05) is 23.7 Å². The molecule has 0 saturated carbocycles. The van der Waals surface area contributed by atoms with Gasteiger partial charge in [-0.25, -0.2) is 13.1 Å². The molecular formula is C30H28ClN3O6S. The van der Waals surface area contributed by atoms with Crippen molar-refractivity contribution in [3.8, 4) is 11.5 Å². The highest BCUT2D eigenvalue weighted by atomic mass is 35.5. The van der Waals surface area contributed by atoms with Crippen LogP contribution in [0.5, 0.6) is 11.5 Å². The maximum absolute atomic E-state index is 12.9. The molecule has 4 aromatic rings. The summed E-state index contributed by atoms with van der Waals surface area (Å²) in [7, 11) is -2.51. The fourth-order valence-electron chi connectivity index (χ4n) is 4.38. The van der Waals surface area contributed by atoms with Crippen molar-refractivity contribution in [1.29, 1.82) is 0 Å². The van der Waals surface area contributed by atoms with Crippen LogP contribution in [0.1, 0.15) is 28.8 Å². The lowest BCUT2D eigenvalue weighted by Crippen LogP contribution is -2.30. The number of carbonyl (C=O) groups is 1. The van der Waals surface area contributed by atoms with Gasteiger partial charge in [-0.3, -0.25) is 9.78 Å². The second kappa shape index (κ2) is 12.6. The van der Waals surface area contributed by atoms with Crippen LogP contribution in [0.3, 0.4) is 0 Å². The van der Waals surface area contributed by atoms with Crippen LogP contribution >= 0.6 is 11.6 Å². The van der Waals surface area contributed by atoms with Gasteiger partial charge in [0.05, 0.1) is 18.6 Å². The molecule has 1 aliphatic rings. The average molecular weight is 594 g/mol. The summed E-state index contributed by atoms with van der Waals surface area (Å²) < 4.78 is 44.8. The van der Waals surface area contributed by atoms with Gasteiger partial charge >= 0.3 is 0 Å². The van der Waals surface area contributed by atoms with E-state index >= 15 is 0 Å². The van der Waals surface area contributed by atoms with Crippen LogP contribution in [0, 0.1) is 0 Å². The Morgan fingerprint density at radius 1 is 1.05 bits per heavy atom. The van der Waals surface area contributed by atoms with Gasteiger partial charge in [0.1, 0.15) is 0 Å². The number of pyridine rings is 1. The number of halogens is 1. The molecule has 5 rings (SSSR count). The first-order valence-corrected chi connectivity index (χ1v) is 14.7. The summed E-state index contributed by atoms with van der Waals surface area (Å²) in [5.41, 5.74) is 2.71. The van der Waals surface area contributed by atoms with Gasteiger partial charge in [0.2, 0.25) is 0 Å². The molecule has 1 aliphatic heterocycles. The predicted octanol–water partition coefficient (Wildman–Crippen LogP) is 5.72. The highest BCUT2D eigenvalue weighted by Gasteiger charge is 2.22. The number of sulfonamides is 1. The number of nitrogens with zero attached hydrogens (tertiary/aromatic N) is 2. The fraction of sp³-hybridized carbons (Fsp3) is 0.200. The quantitative estimate of drug-likeness (QED) is 0.249. The van der Waals surface area contributed by atoms with Crippen molar-refractivity contribution < 1.29 is 27.4 Å². The van der Waals surface area contributed by atoms with Crippen molar-refractivity contribution >= 4 is 38.9 Å². The van der Waals surface area contributed by atoms with Crippen molar-refractivity contribution in [2.75, 3.05) is 18.6 Å². The Kier molecular flexibility index (Phi) is 8.72. The molecule has 1 atom stereocenters. The number of carbonyl (C=O) groups excluding carboxylic acids is 1. The Morgan fingerprint density at radius 3 is 2.54 bits per heavy atom. The second-order valence-corrected chi connectivity index (χ2v) is 11.4. The predicted molar refractivity (Wildman–Crippen MR) is 155 cm³/mol. The molecule has 1 aromatic heterocycles. The van der Waals surface area contributed by atoms with Crippen LogP contribution in [0.2, 0.25) is 5.02 Å². The molecule has 0 bridgehead atoms. The van der Waals surface area contributed by atoms with Gasteiger partial charge in [-0.15, -0.1) is 0 Å². The fourth-order valence-corrected chi connectivity index (χ4v) is 5.66. The minimum Gasteiger partial charge on any atom is -0.493 e. The maximum atomic E-state index is 12.9. The summed E-state index contributed by atoms with van der Waals surface area (Å²) in [5, 5.41) is 0.251. The van der Waals surface area contributed by atoms with Gasteiger partial charge in [0.25, 0.3) is 15.9 Å². The first-order valence-electron chi connectivity index (χ1n) is 12.9. The minimum absolute atomic E-state index is 0.0989. The third-order valence-electron chi connectivity index (χ3n) is 6.44. The second-order valence-electron chi connectivity index (χ2n) is 9.28. The Balaban J connectivity index is 1.42. The van der Waals surface area contributed by atoms with E-state index in [0.29, 0.717) is 24.7 Å². The van der Waals surface area contributed by atoms with Crippen molar-refractivity contribution in [3.05, 3.63) is 107 Å². The molecular weight excluding hydrogens is 566 g/mol. The lowest BCUT2D eigenvalue weighted by Gasteiger charge is -2.27. The molecule has 0 aliphatic carbocycles. The molecule has 0 spiro atoms. The molecule has 1 amide bonds. The molecule has 1 saturated heterocycles. The van der Waals surface area contributed by atoms with E-state index in [2.05, 4.69) is 9.71 Å². The van der Waals surface area contributed by atoms with E-state index in [9.17, 15) is 13.2 Å². The van der Waals surface area contributed by atoms with E-state index in [4.69, 9.17) is 25.8 Å². The highest BCUT2D eigenvalue weighted by Crippen LogP contribution is 2.37. The van der Waals surface area contributed by atoms with Gasteiger partial charge < -0.3 is 19.1 Å². The highest BCUT2D eigenvalue weighted by molar-refractivity contribution is 7.90. The molecule has 9 nitrogen and oxygen atoms in total. The van der Waals surface area contributed by atoms with E-state index in [0.717, 1.165) is 29.8 Å². The Hall–Kier alpha value is -4.12. The standard InChI is InChI=1S/C30H28ClN3O6S/c1-38-27-14-13-25(18-28(27)40-29-8-4-16-39-29)34(20-21-5-3-15-32-19-21)24-11-9-22(10-12-24)30(35)33-41(36,37)26-7-2-6-23(31)17-26/h2-3,5-7,9-15,17-19,29H,4,8,16,20H2,1H3,(H,33,35). The first-order chi connectivity index (χ1) is 19.8. The van der Waals surface area contributed by atoms with E-state index in [1.54, 1.807) is 49.8 Å². The zero-order valence-electron chi connectivity index (χ0n) is 22.2. The van der Waals surface area contributed by atoms with Crippen LogP contribution in [-0.4, -0.2) is 39.3 Å². The smallest absolute Gasteiger partial charge is 0.264 e. The third kappa shape index (κ3) is 6.97. The maximum Gasteiger partial charge on any atom is 0.264 e. The van der Waals surface area contributed by atoms with Crippen molar-refractivity contribution in [1.82, 2.24) is 9.71 Å². The number of anilines is 2. The van der Waals surface area contributed by atoms with Crippen molar-refractivity contribution in [2.24, 2.45) is 0 Å². The third-order valence-corrected chi connectivity index (χ3v) is 8.01. The number of rotatable bonds is 10. The van der Waals surface area contributed by atoms with Gasteiger partial charge in [0, 0.05) is 53.4 Å². The Labute approximate surface area is 243 Å². The first kappa shape index (κ1) is 28.4. The zero-order chi connectivity index (χ0) is 28.8. The number of amides is 1. The molecule has 3 aromatic carbocycles. The number of nitrogens with one attached hydrogen (secondary N) is 1. The molecule has 41 heavy (non-hydrogen) atoms. The summed E-state index contributed by atoms with van der Waals surface area (Å²) in [5.74, 6) is 0.376. The molecule has 1 N–H and O–H groups in total. The summed E-state index contributed by atoms with van der Waals surface area (Å²) >= 11 is 5.92. The lowest BCUT2D eigenvalue weighted by molar-refractivity contribution is -0.0402. The molecule has 1 unspecified atom stereocenters. The molecule has 0 radical (unpaired) electrons. The van der Waals surface area contributed by atoms with Crippen LogP contribution in [0.25, 0.3) is 0 Å². The largest absolute Gasteiger partial charge is 0.493 e. The Morgan fingerprint density at radius 2 is 1.85 bits per heavy atom. The topological polar surface area (TPSA) is 107 Å². The lowest BCUT2D eigenvalue weighted by atomic mass is 10.1. The summed E-state index contributed by atoms with van der Waals surface area (Å²) in [6.45, 7) is 1.12. The normalized spacial score (nSPS) is 14.8.